The van der Waals surface area contributed by atoms with Gasteiger partial charge in [-0.3, -0.25) is 19.6 Å². The number of nitrogens with one attached hydrogen (secondary N) is 1. The summed E-state index contributed by atoms with van der Waals surface area (Å²) in [7, 11) is -3.89. The van der Waals surface area contributed by atoms with Crippen molar-refractivity contribution < 1.29 is 23.2 Å². The van der Waals surface area contributed by atoms with Crippen LogP contribution < -0.4 is 4.72 Å². The Balaban J connectivity index is 2.16. The Labute approximate surface area is 138 Å². The SMILES string of the molecule is O=C(O)CCc1ccc(S(=O)(=O)Nc2cccc([N+](=O)[O-])c2)cc1. The zero-order valence-electron chi connectivity index (χ0n) is 12.4. The van der Waals surface area contributed by atoms with E-state index in [-0.39, 0.29) is 22.7 Å². The van der Waals surface area contributed by atoms with E-state index in [0.29, 0.717) is 12.0 Å². The molecule has 0 heterocycles. The van der Waals surface area contributed by atoms with Crippen molar-refractivity contribution >= 4 is 27.4 Å². The predicted octanol–water partition coefficient (Wildman–Crippen LogP) is 2.41. The summed E-state index contributed by atoms with van der Waals surface area (Å²) in [4.78, 5) is 20.6. The number of nitro benzene ring substituents is 1. The number of aryl methyl sites for hydroxylation is 1. The van der Waals surface area contributed by atoms with Crippen LogP contribution in [0.5, 0.6) is 0 Å². The summed E-state index contributed by atoms with van der Waals surface area (Å²) in [6.45, 7) is 0. The van der Waals surface area contributed by atoms with Crippen LogP contribution in [0.25, 0.3) is 0 Å². The molecule has 0 fully saturated rings. The van der Waals surface area contributed by atoms with Crippen LogP contribution in [0, 0.1) is 10.1 Å². The highest BCUT2D eigenvalue weighted by molar-refractivity contribution is 7.92. The molecule has 126 valence electrons. The molecule has 0 aliphatic heterocycles. The highest BCUT2D eigenvalue weighted by Gasteiger charge is 2.16. The van der Waals surface area contributed by atoms with Crippen molar-refractivity contribution in [2.24, 2.45) is 0 Å². The number of nitrogens with zero attached hydrogens (tertiary/aromatic N) is 1. The van der Waals surface area contributed by atoms with Crippen molar-refractivity contribution in [1.29, 1.82) is 0 Å². The van der Waals surface area contributed by atoms with Gasteiger partial charge in [0.1, 0.15) is 0 Å². The number of aliphatic carboxylic acids is 1. The lowest BCUT2D eigenvalue weighted by Gasteiger charge is -2.08. The molecule has 0 radical (unpaired) electrons. The number of rotatable bonds is 7. The first kappa shape index (κ1) is 17.4. The maximum absolute atomic E-state index is 12.3. The Bertz CT molecular complexity index is 862. The van der Waals surface area contributed by atoms with Crippen molar-refractivity contribution in [2.45, 2.75) is 17.7 Å². The topological polar surface area (TPSA) is 127 Å². The third-order valence-electron chi connectivity index (χ3n) is 3.17. The molecule has 8 nitrogen and oxygen atoms in total. The Morgan fingerprint density at radius 1 is 1.17 bits per heavy atom. The van der Waals surface area contributed by atoms with Crippen LogP contribution in [0.15, 0.2) is 53.4 Å². The van der Waals surface area contributed by atoms with E-state index < -0.39 is 20.9 Å². The summed E-state index contributed by atoms with van der Waals surface area (Å²) in [5.74, 6) is -0.931. The smallest absolute Gasteiger partial charge is 0.303 e. The molecule has 0 bridgehead atoms. The fraction of sp³-hybridized carbons (Fsp3) is 0.133. The fourth-order valence-corrected chi connectivity index (χ4v) is 3.03. The number of hydrogen-bond acceptors (Lipinski definition) is 5. The molecular weight excluding hydrogens is 336 g/mol. The number of anilines is 1. The number of benzene rings is 2. The molecule has 0 atom stereocenters. The monoisotopic (exact) mass is 350 g/mol. The maximum Gasteiger partial charge on any atom is 0.303 e. The molecule has 0 aliphatic rings. The normalized spacial score (nSPS) is 11.0. The Hall–Kier alpha value is -2.94. The summed E-state index contributed by atoms with van der Waals surface area (Å²) in [6.07, 6.45) is 0.256. The Morgan fingerprint density at radius 2 is 1.83 bits per heavy atom. The molecule has 0 spiro atoms. The second kappa shape index (κ2) is 7.09. The van der Waals surface area contributed by atoms with Crippen molar-refractivity contribution in [3.05, 3.63) is 64.2 Å². The van der Waals surface area contributed by atoms with Gasteiger partial charge in [0.25, 0.3) is 15.7 Å². The molecule has 2 aromatic rings. The van der Waals surface area contributed by atoms with Gasteiger partial charge in [0.05, 0.1) is 15.5 Å². The average molecular weight is 350 g/mol. The molecule has 24 heavy (non-hydrogen) atoms. The molecule has 9 heteroatoms. The third-order valence-corrected chi connectivity index (χ3v) is 4.57. The Kier molecular flexibility index (Phi) is 5.14. The van der Waals surface area contributed by atoms with Crippen LogP contribution in [0.2, 0.25) is 0 Å². The molecule has 0 saturated carbocycles. The van der Waals surface area contributed by atoms with Gasteiger partial charge in [-0.25, -0.2) is 8.42 Å². The molecule has 2 aromatic carbocycles. The van der Waals surface area contributed by atoms with E-state index in [1.807, 2.05) is 0 Å². The van der Waals surface area contributed by atoms with Gasteiger partial charge in [0.2, 0.25) is 0 Å². The number of hydrogen-bond donors (Lipinski definition) is 2. The fourth-order valence-electron chi connectivity index (χ4n) is 1.98. The third kappa shape index (κ3) is 4.53. The minimum absolute atomic E-state index is 0.0203. The number of carbonyl (C=O) groups is 1. The van der Waals surface area contributed by atoms with E-state index in [9.17, 15) is 23.3 Å². The van der Waals surface area contributed by atoms with Gasteiger partial charge in [-0.2, -0.15) is 0 Å². The zero-order chi connectivity index (χ0) is 17.7. The van der Waals surface area contributed by atoms with Gasteiger partial charge < -0.3 is 5.11 Å². The van der Waals surface area contributed by atoms with Crippen LogP contribution in [-0.2, 0) is 21.2 Å². The van der Waals surface area contributed by atoms with Gasteiger partial charge in [-0.05, 0) is 30.2 Å². The lowest BCUT2D eigenvalue weighted by Crippen LogP contribution is -2.13. The summed E-state index contributed by atoms with van der Waals surface area (Å²) in [5, 5.41) is 19.4. The molecule has 0 amide bonds. The van der Waals surface area contributed by atoms with Crippen LogP contribution in [0.1, 0.15) is 12.0 Å². The van der Waals surface area contributed by atoms with Gasteiger partial charge >= 0.3 is 5.97 Å². The van der Waals surface area contributed by atoms with E-state index in [1.54, 1.807) is 0 Å². The first-order chi connectivity index (χ1) is 11.3. The molecule has 0 aliphatic carbocycles. The molecular formula is C15H14N2O6S. The summed E-state index contributed by atoms with van der Waals surface area (Å²) < 4.78 is 26.8. The number of sulfonamides is 1. The van der Waals surface area contributed by atoms with E-state index >= 15 is 0 Å². The van der Waals surface area contributed by atoms with Crippen molar-refractivity contribution in [3.8, 4) is 0 Å². The number of non-ortho nitro benzene ring substituents is 1. The van der Waals surface area contributed by atoms with Crippen LogP contribution in [0.4, 0.5) is 11.4 Å². The summed E-state index contributed by atoms with van der Waals surface area (Å²) in [6, 6.07) is 11.0. The quantitative estimate of drug-likeness (QED) is 0.583. The highest BCUT2D eigenvalue weighted by Crippen LogP contribution is 2.21. The molecule has 0 unspecified atom stereocenters. The lowest BCUT2D eigenvalue weighted by molar-refractivity contribution is -0.384. The van der Waals surface area contributed by atoms with E-state index in [2.05, 4.69) is 4.72 Å². The summed E-state index contributed by atoms with van der Waals surface area (Å²) in [5.41, 5.74) is 0.560. The minimum atomic E-state index is -3.89. The maximum atomic E-state index is 12.3. The van der Waals surface area contributed by atoms with Gasteiger partial charge in [0.15, 0.2) is 0 Å². The molecule has 0 aromatic heterocycles. The van der Waals surface area contributed by atoms with Crippen molar-refractivity contribution in [2.75, 3.05) is 4.72 Å². The Morgan fingerprint density at radius 3 is 2.42 bits per heavy atom. The van der Waals surface area contributed by atoms with Gasteiger partial charge in [0, 0.05) is 18.6 Å². The molecule has 0 saturated heterocycles. The standard InChI is InChI=1S/C15H14N2O6S/c18-15(19)9-6-11-4-7-14(8-5-11)24(22,23)16-12-2-1-3-13(10-12)17(20)21/h1-5,7-8,10,16H,6,9H2,(H,18,19). The molecule has 2 N–H and O–H groups in total. The first-order valence-electron chi connectivity index (χ1n) is 6.86. The first-order valence-corrected chi connectivity index (χ1v) is 8.34. The lowest BCUT2D eigenvalue weighted by atomic mass is 10.1. The number of carboxylic acids is 1. The predicted molar refractivity (Wildman–Crippen MR) is 86.3 cm³/mol. The van der Waals surface area contributed by atoms with Gasteiger partial charge in [-0.1, -0.05) is 18.2 Å². The number of nitro groups is 1. The van der Waals surface area contributed by atoms with Crippen molar-refractivity contribution in [3.63, 3.8) is 0 Å². The minimum Gasteiger partial charge on any atom is -0.481 e. The summed E-state index contributed by atoms with van der Waals surface area (Å²) >= 11 is 0. The largest absolute Gasteiger partial charge is 0.481 e. The number of carboxylic acid groups (broad SMARTS) is 1. The van der Waals surface area contributed by atoms with E-state index in [4.69, 9.17) is 5.11 Å². The molecule has 2 rings (SSSR count). The van der Waals surface area contributed by atoms with E-state index in [0.717, 1.165) is 6.07 Å². The van der Waals surface area contributed by atoms with Crippen LogP contribution in [-0.4, -0.2) is 24.4 Å². The van der Waals surface area contributed by atoms with Crippen molar-refractivity contribution in [1.82, 2.24) is 0 Å². The van der Waals surface area contributed by atoms with Crippen LogP contribution >= 0.6 is 0 Å². The zero-order valence-corrected chi connectivity index (χ0v) is 13.2. The second-order valence-corrected chi connectivity index (χ2v) is 6.63. The average Bonchev–Trinajstić information content (AvgIpc) is 2.53. The van der Waals surface area contributed by atoms with Gasteiger partial charge in [-0.15, -0.1) is 0 Å². The van der Waals surface area contributed by atoms with Crippen LogP contribution in [0.3, 0.4) is 0 Å². The highest BCUT2D eigenvalue weighted by atomic mass is 32.2. The second-order valence-electron chi connectivity index (χ2n) is 4.95. The van der Waals surface area contributed by atoms with E-state index in [1.165, 1.54) is 42.5 Å².